The number of benzene rings is 2. The van der Waals surface area contributed by atoms with Crippen molar-refractivity contribution in [3.8, 4) is 11.8 Å². The Bertz CT molecular complexity index is 934. The van der Waals surface area contributed by atoms with Gasteiger partial charge in [0.05, 0.1) is 23.7 Å². The van der Waals surface area contributed by atoms with Crippen molar-refractivity contribution in [2.75, 3.05) is 30.0 Å². The van der Waals surface area contributed by atoms with E-state index in [9.17, 15) is 14.4 Å². The molecule has 0 atom stereocenters. The number of carbonyl (C=O) groups excluding carboxylic acids is 3. The molecule has 0 spiro atoms. The Labute approximate surface area is 161 Å². The largest absolute Gasteiger partial charge is 0.482 e. The molecule has 142 valence electrons. The van der Waals surface area contributed by atoms with Crippen LogP contribution in [0.15, 0.2) is 48.5 Å². The van der Waals surface area contributed by atoms with Gasteiger partial charge in [0.1, 0.15) is 5.75 Å². The van der Waals surface area contributed by atoms with Crippen molar-refractivity contribution in [3.63, 3.8) is 0 Å². The highest BCUT2D eigenvalue weighted by atomic mass is 16.5. The van der Waals surface area contributed by atoms with Gasteiger partial charge >= 0.3 is 5.97 Å². The van der Waals surface area contributed by atoms with Gasteiger partial charge in [-0.25, -0.2) is 0 Å². The normalized spacial score (nSPS) is 12.4. The topological polar surface area (TPSA) is 109 Å². The van der Waals surface area contributed by atoms with Crippen LogP contribution in [0.2, 0.25) is 0 Å². The number of carbonyl (C=O) groups is 3. The van der Waals surface area contributed by atoms with E-state index in [0.29, 0.717) is 22.7 Å². The zero-order valence-corrected chi connectivity index (χ0v) is 14.9. The summed E-state index contributed by atoms with van der Waals surface area (Å²) < 4.78 is 10.3. The number of hydrogen-bond donors (Lipinski definition) is 1. The van der Waals surface area contributed by atoms with Crippen molar-refractivity contribution in [1.29, 1.82) is 5.26 Å². The maximum Gasteiger partial charge on any atom is 0.308 e. The van der Waals surface area contributed by atoms with Crippen molar-refractivity contribution in [2.45, 2.75) is 6.42 Å². The van der Waals surface area contributed by atoms with E-state index in [1.807, 2.05) is 6.07 Å². The maximum absolute atomic E-state index is 12.0. The zero-order chi connectivity index (χ0) is 19.9. The molecule has 0 aromatic heterocycles. The molecule has 0 fully saturated rings. The van der Waals surface area contributed by atoms with Crippen LogP contribution in [0.4, 0.5) is 11.4 Å². The molecular formula is C20H17N3O5. The summed E-state index contributed by atoms with van der Waals surface area (Å²) in [6, 6.07) is 15.3. The molecule has 0 bridgehead atoms. The molecule has 3 rings (SSSR count). The lowest BCUT2D eigenvalue weighted by Crippen LogP contribution is -2.40. The van der Waals surface area contributed by atoms with Gasteiger partial charge in [0, 0.05) is 12.2 Å². The number of anilines is 2. The third kappa shape index (κ3) is 4.65. The molecule has 28 heavy (non-hydrogen) atoms. The Morgan fingerprint density at radius 2 is 1.93 bits per heavy atom. The van der Waals surface area contributed by atoms with Crippen molar-refractivity contribution < 1.29 is 23.9 Å². The van der Waals surface area contributed by atoms with E-state index in [0.717, 1.165) is 0 Å². The van der Waals surface area contributed by atoms with Gasteiger partial charge in [-0.1, -0.05) is 12.1 Å². The monoisotopic (exact) mass is 379 g/mol. The number of nitrogens with zero attached hydrogens (tertiary/aromatic N) is 2. The molecule has 1 aliphatic heterocycles. The van der Waals surface area contributed by atoms with Crippen LogP contribution in [0.25, 0.3) is 0 Å². The van der Waals surface area contributed by atoms with Crippen molar-refractivity contribution >= 4 is 29.2 Å². The van der Waals surface area contributed by atoms with E-state index in [2.05, 4.69) is 5.32 Å². The summed E-state index contributed by atoms with van der Waals surface area (Å²) in [6.07, 6.45) is -0.0514. The molecule has 8 nitrogen and oxygen atoms in total. The van der Waals surface area contributed by atoms with Crippen LogP contribution in [0.5, 0.6) is 5.75 Å². The lowest BCUT2D eigenvalue weighted by Gasteiger charge is -2.28. The van der Waals surface area contributed by atoms with Gasteiger partial charge in [-0.05, 0) is 36.4 Å². The Hall–Kier alpha value is -3.86. The lowest BCUT2D eigenvalue weighted by molar-refractivity contribution is -0.147. The van der Waals surface area contributed by atoms with E-state index < -0.39 is 18.5 Å². The molecule has 2 amide bonds. The highest BCUT2D eigenvalue weighted by Crippen LogP contribution is 2.31. The van der Waals surface area contributed by atoms with Crippen molar-refractivity contribution in [1.82, 2.24) is 0 Å². The minimum atomic E-state index is -0.591. The molecule has 1 heterocycles. The predicted molar refractivity (Wildman–Crippen MR) is 99.7 cm³/mol. The summed E-state index contributed by atoms with van der Waals surface area (Å²) in [5.74, 6) is -0.750. The van der Waals surface area contributed by atoms with Gasteiger partial charge in [0.15, 0.2) is 13.2 Å². The van der Waals surface area contributed by atoms with E-state index in [-0.39, 0.29) is 25.5 Å². The predicted octanol–water partition coefficient (Wildman–Crippen LogP) is 1.86. The number of fused-ring (bicyclic) bond motifs is 1. The number of nitriles is 1. The smallest absolute Gasteiger partial charge is 0.308 e. The Morgan fingerprint density at radius 3 is 2.68 bits per heavy atom. The number of para-hydroxylation sites is 2. The zero-order valence-electron chi connectivity index (χ0n) is 14.9. The van der Waals surface area contributed by atoms with Crippen LogP contribution >= 0.6 is 0 Å². The molecule has 1 aliphatic rings. The first kappa shape index (κ1) is 18.9. The van der Waals surface area contributed by atoms with Crippen LogP contribution in [0.3, 0.4) is 0 Å². The first-order chi connectivity index (χ1) is 13.6. The van der Waals surface area contributed by atoms with Crippen LogP contribution in [0.1, 0.15) is 12.0 Å². The molecule has 0 saturated heterocycles. The summed E-state index contributed by atoms with van der Waals surface area (Å²) >= 11 is 0. The fraction of sp³-hybridized carbons (Fsp3) is 0.200. The van der Waals surface area contributed by atoms with Crippen molar-refractivity contribution in [2.24, 2.45) is 0 Å². The van der Waals surface area contributed by atoms with Gasteiger partial charge in [-0.2, -0.15) is 5.26 Å². The summed E-state index contributed by atoms with van der Waals surface area (Å²) in [5, 5.41) is 11.3. The molecular weight excluding hydrogens is 362 g/mol. The molecule has 2 aromatic rings. The average Bonchev–Trinajstić information content (AvgIpc) is 2.72. The number of nitrogens with one attached hydrogen (secondary N) is 1. The standard InChI is InChI=1S/C20H17N3O5/c21-11-14-5-7-15(8-6-14)22-18(24)12-28-20(26)9-10-23-16-3-1-2-4-17(16)27-13-19(23)25/h1-8H,9-10,12-13H2,(H,22,24). The number of hydrogen-bond acceptors (Lipinski definition) is 6. The van der Waals surface area contributed by atoms with Gasteiger partial charge in [0.2, 0.25) is 0 Å². The first-order valence-electron chi connectivity index (χ1n) is 8.54. The Morgan fingerprint density at radius 1 is 1.18 bits per heavy atom. The first-order valence-corrected chi connectivity index (χ1v) is 8.54. The van der Waals surface area contributed by atoms with Crippen molar-refractivity contribution in [3.05, 3.63) is 54.1 Å². The molecule has 0 radical (unpaired) electrons. The van der Waals surface area contributed by atoms with Gasteiger partial charge < -0.3 is 19.7 Å². The SMILES string of the molecule is N#Cc1ccc(NC(=O)COC(=O)CCN2C(=O)COc3ccccc32)cc1. The number of ether oxygens (including phenoxy) is 2. The third-order valence-electron chi connectivity index (χ3n) is 4.01. The molecule has 0 saturated carbocycles. The van der Waals surface area contributed by atoms with E-state index >= 15 is 0 Å². The second kappa shape index (κ2) is 8.68. The summed E-state index contributed by atoms with van der Waals surface area (Å²) in [4.78, 5) is 37.3. The molecule has 1 N–H and O–H groups in total. The number of amides is 2. The number of esters is 1. The highest BCUT2D eigenvalue weighted by Gasteiger charge is 2.25. The van der Waals surface area contributed by atoms with Crippen LogP contribution in [-0.2, 0) is 19.1 Å². The Kier molecular flexibility index (Phi) is 5.87. The molecule has 2 aromatic carbocycles. The van der Waals surface area contributed by atoms with Gasteiger partial charge in [-0.15, -0.1) is 0 Å². The second-order valence-corrected chi connectivity index (χ2v) is 5.95. The van der Waals surface area contributed by atoms with E-state index in [4.69, 9.17) is 14.7 Å². The summed E-state index contributed by atoms with van der Waals surface area (Å²) in [7, 11) is 0. The fourth-order valence-electron chi connectivity index (χ4n) is 2.65. The van der Waals surface area contributed by atoms with Gasteiger partial charge in [0.25, 0.3) is 11.8 Å². The third-order valence-corrected chi connectivity index (χ3v) is 4.01. The minimum absolute atomic E-state index is 0.0514. The van der Waals surface area contributed by atoms with Crippen LogP contribution in [0, 0.1) is 11.3 Å². The maximum atomic E-state index is 12.0. The van der Waals surface area contributed by atoms with E-state index in [1.165, 1.54) is 4.90 Å². The quantitative estimate of drug-likeness (QED) is 0.768. The second-order valence-electron chi connectivity index (χ2n) is 5.95. The average molecular weight is 379 g/mol. The van der Waals surface area contributed by atoms with Crippen LogP contribution < -0.4 is 15.0 Å². The summed E-state index contributed by atoms with van der Waals surface area (Å²) in [6.45, 7) is -0.388. The summed E-state index contributed by atoms with van der Waals surface area (Å²) in [5.41, 5.74) is 1.57. The van der Waals surface area contributed by atoms with Crippen LogP contribution in [-0.4, -0.2) is 37.5 Å². The lowest BCUT2D eigenvalue weighted by atomic mass is 10.2. The Balaban J connectivity index is 1.46. The van der Waals surface area contributed by atoms with Gasteiger partial charge in [-0.3, -0.25) is 14.4 Å². The molecule has 8 heteroatoms. The molecule has 0 aliphatic carbocycles. The minimum Gasteiger partial charge on any atom is -0.482 e. The highest BCUT2D eigenvalue weighted by molar-refractivity contribution is 5.98. The number of rotatable bonds is 6. The molecule has 0 unspecified atom stereocenters. The fourth-order valence-corrected chi connectivity index (χ4v) is 2.65. The van der Waals surface area contributed by atoms with E-state index in [1.54, 1.807) is 48.5 Å².